The normalized spacial score (nSPS) is 13.4. The summed E-state index contributed by atoms with van der Waals surface area (Å²) in [5, 5.41) is 8.60. The molecule has 0 unspecified atom stereocenters. The fourth-order valence-electron chi connectivity index (χ4n) is 3.17. The molecule has 6 nitrogen and oxygen atoms in total. The van der Waals surface area contributed by atoms with Gasteiger partial charge in [0.25, 0.3) is 11.8 Å². The maximum absolute atomic E-state index is 12.5. The first-order chi connectivity index (χ1) is 14.2. The Morgan fingerprint density at radius 3 is 2.86 bits per heavy atom. The molecule has 7 heteroatoms. The molecule has 0 radical (unpaired) electrons. The van der Waals surface area contributed by atoms with Gasteiger partial charge in [0.15, 0.2) is 5.76 Å². The first-order valence-electron chi connectivity index (χ1n) is 9.40. The Bertz CT molecular complexity index is 1070. The lowest BCUT2D eigenvalue weighted by molar-refractivity contribution is -0.116. The molecular weight excluding hydrogens is 386 g/mol. The van der Waals surface area contributed by atoms with E-state index in [1.54, 1.807) is 41.4 Å². The summed E-state index contributed by atoms with van der Waals surface area (Å²) >= 11 is 1.54. The maximum Gasteiger partial charge on any atom is 0.291 e. The Balaban J connectivity index is 1.34. The van der Waals surface area contributed by atoms with E-state index in [-0.39, 0.29) is 11.8 Å². The maximum atomic E-state index is 12.5. The largest absolute Gasteiger partial charge is 0.487 e. The Morgan fingerprint density at radius 1 is 1.10 bits per heavy atom. The third-order valence-corrected chi connectivity index (χ3v) is 5.39. The van der Waals surface area contributed by atoms with Crippen LogP contribution in [-0.4, -0.2) is 35.7 Å². The molecule has 0 fully saturated rings. The van der Waals surface area contributed by atoms with E-state index in [0.717, 1.165) is 17.7 Å². The van der Waals surface area contributed by atoms with E-state index in [2.05, 4.69) is 21.7 Å². The molecule has 1 aliphatic heterocycles. The smallest absolute Gasteiger partial charge is 0.291 e. The Hall–Kier alpha value is -3.19. The van der Waals surface area contributed by atoms with Crippen LogP contribution in [0.1, 0.15) is 15.9 Å². The molecule has 1 aliphatic rings. The highest BCUT2D eigenvalue weighted by Crippen LogP contribution is 2.19. The van der Waals surface area contributed by atoms with Gasteiger partial charge in [0.05, 0.1) is 6.61 Å². The van der Waals surface area contributed by atoms with Crippen molar-refractivity contribution in [2.75, 3.05) is 24.2 Å². The number of ether oxygens (including phenoxy) is 1. The molecule has 0 saturated heterocycles. The summed E-state index contributed by atoms with van der Waals surface area (Å²) in [5.41, 5.74) is 3.31. The summed E-state index contributed by atoms with van der Waals surface area (Å²) in [7, 11) is 0. The number of thioether (sulfide) groups is 1. The zero-order valence-electron chi connectivity index (χ0n) is 15.7. The summed E-state index contributed by atoms with van der Waals surface area (Å²) in [4.78, 5) is 28.0. The number of amides is 2. The van der Waals surface area contributed by atoms with Crippen molar-refractivity contribution < 1.29 is 14.3 Å². The van der Waals surface area contributed by atoms with Gasteiger partial charge in [-0.15, -0.1) is 11.8 Å². The van der Waals surface area contributed by atoms with Crippen LogP contribution >= 0.6 is 11.8 Å². The van der Waals surface area contributed by atoms with Crippen molar-refractivity contribution in [3.05, 3.63) is 77.0 Å². The summed E-state index contributed by atoms with van der Waals surface area (Å²) in [6.45, 7) is 1.04. The van der Waals surface area contributed by atoms with Crippen LogP contribution in [0.3, 0.4) is 0 Å². The topological polar surface area (TPSA) is 83.2 Å². The van der Waals surface area contributed by atoms with Crippen molar-refractivity contribution >= 4 is 40.2 Å². The fraction of sp³-hybridized carbons (Fsp3) is 0.182. The van der Waals surface area contributed by atoms with Gasteiger partial charge in [-0.1, -0.05) is 24.3 Å². The number of aromatic amines is 1. The van der Waals surface area contributed by atoms with Gasteiger partial charge in [-0.05, 0) is 36.2 Å². The first-order valence-corrected chi connectivity index (χ1v) is 10.4. The standard InChI is InChI=1S/C22H21N3O3S/c26-21(23-9-8-16-13-24-19-7-2-1-6-18(16)19)15-4-3-5-17(12-15)25-22(27)20-14-29-11-10-28-20/h1-7,12-14,24H,8-11H2,(H,23,26)(H,25,27). The molecule has 1 aromatic heterocycles. The number of benzene rings is 2. The van der Waals surface area contributed by atoms with Crippen molar-refractivity contribution in [3.8, 4) is 0 Å². The molecule has 3 N–H and O–H groups in total. The van der Waals surface area contributed by atoms with E-state index in [0.29, 0.717) is 30.2 Å². The molecule has 2 amide bonds. The zero-order chi connectivity index (χ0) is 20.1. The Morgan fingerprint density at radius 2 is 2.00 bits per heavy atom. The number of carbonyl (C=O) groups is 2. The van der Waals surface area contributed by atoms with Crippen LogP contribution in [0, 0.1) is 0 Å². The van der Waals surface area contributed by atoms with Crippen molar-refractivity contribution in [1.82, 2.24) is 10.3 Å². The third kappa shape index (κ3) is 4.63. The molecule has 0 bridgehead atoms. The van der Waals surface area contributed by atoms with Crippen LogP contribution in [0.15, 0.2) is 65.9 Å². The highest BCUT2D eigenvalue weighted by atomic mass is 32.2. The van der Waals surface area contributed by atoms with Crippen LogP contribution in [0.2, 0.25) is 0 Å². The number of hydrogen-bond acceptors (Lipinski definition) is 4. The molecule has 2 aromatic carbocycles. The average Bonchev–Trinajstić information content (AvgIpc) is 3.18. The number of anilines is 1. The predicted octanol–water partition coefficient (Wildman–Crippen LogP) is 3.68. The van der Waals surface area contributed by atoms with Crippen LogP contribution in [0.25, 0.3) is 10.9 Å². The van der Waals surface area contributed by atoms with Crippen molar-refractivity contribution in [1.29, 1.82) is 0 Å². The molecular formula is C22H21N3O3S. The Kier molecular flexibility index (Phi) is 5.86. The van der Waals surface area contributed by atoms with Gasteiger partial charge in [0.1, 0.15) is 0 Å². The summed E-state index contributed by atoms with van der Waals surface area (Å²) in [5.74, 6) is 0.652. The molecule has 0 aliphatic carbocycles. The highest BCUT2D eigenvalue weighted by molar-refractivity contribution is 8.02. The van der Waals surface area contributed by atoms with E-state index >= 15 is 0 Å². The molecule has 3 aromatic rings. The van der Waals surface area contributed by atoms with Crippen LogP contribution < -0.4 is 10.6 Å². The monoisotopic (exact) mass is 407 g/mol. The lowest BCUT2D eigenvalue weighted by Crippen LogP contribution is -2.26. The number of aromatic nitrogens is 1. The average molecular weight is 407 g/mol. The van der Waals surface area contributed by atoms with Gasteiger partial charge in [-0.3, -0.25) is 9.59 Å². The summed E-state index contributed by atoms with van der Waals surface area (Å²) in [6.07, 6.45) is 2.71. The quantitative estimate of drug-likeness (QED) is 0.582. The lowest BCUT2D eigenvalue weighted by atomic mass is 10.1. The van der Waals surface area contributed by atoms with Gasteiger partial charge in [-0.25, -0.2) is 0 Å². The van der Waals surface area contributed by atoms with Crippen molar-refractivity contribution in [2.24, 2.45) is 0 Å². The number of H-pyrrole nitrogens is 1. The fourth-order valence-corrected chi connectivity index (χ4v) is 3.79. The molecule has 0 saturated carbocycles. The van der Waals surface area contributed by atoms with Gasteiger partial charge in [0, 0.05) is 46.1 Å². The molecule has 148 valence electrons. The van der Waals surface area contributed by atoms with E-state index < -0.39 is 0 Å². The summed E-state index contributed by atoms with van der Waals surface area (Å²) in [6, 6.07) is 15.0. The van der Waals surface area contributed by atoms with E-state index in [4.69, 9.17) is 4.74 Å². The summed E-state index contributed by atoms with van der Waals surface area (Å²) < 4.78 is 5.36. The highest BCUT2D eigenvalue weighted by Gasteiger charge is 2.15. The molecule has 2 heterocycles. The SMILES string of the molecule is O=C(Nc1cccc(C(=O)NCCc2c[nH]c3ccccc23)c1)C1=CSCCO1. The van der Waals surface area contributed by atoms with Crippen molar-refractivity contribution in [3.63, 3.8) is 0 Å². The van der Waals surface area contributed by atoms with Gasteiger partial charge in [0.2, 0.25) is 0 Å². The number of rotatable bonds is 6. The van der Waals surface area contributed by atoms with E-state index in [9.17, 15) is 9.59 Å². The minimum Gasteiger partial charge on any atom is -0.487 e. The Labute approximate surface area is 172 Å². The number of hydrogen-bond donors (Lipinski definition) is 3. The number of para-hydroxylation sites is 1. The lowest BCUT2D eigenvalue weighted by Gasteiger charge is -2.14. The van der Waals surface area contributed by atoms with Gasteiger partial charge in [-0.2, -0.15) is 0 Å². The predicted molar refractivity (Wildman–Crippen MR) is 116 cm³/mol. The second-order valence-electron chi connectivity index (χ2n) is 6.60. The van der Waals surface area contributed by atoms with Gasteiger partial charge >= 0.3 is 0 Å². The molecule has 0 atom stereocenters. The second kappa shape index (κ2) is 8.87. The number of nitrogens with one attached hydrogen (secondary N) is 3. The third-order valence-electron chi connectivity index (χ3n) is 4.61. The first kappa shape index (κ1) is 19.1. The van der Waals surface area contributed by atoms with E-state index in [1.165, 1.54) is 10.9 Å². The van der Waals surface area contributed by atoms with Crippen LogP contribution in [-0.2, 0) is 16.0 Å². The number of carbonyl (C=O) groups excluding carboxylic acids is 2. The zero-order valence-corrected chi connectivity index (χ0v) is 16.6. The molecule has 0 spiro atoms. The molecule has 29 heavy (non-hydrogen) atoms. The minimum atomic E-state index is -0.311. The van der Waals surface area contributed by atoms with Gasteiger partial charge < -0.3 is 20.4 Å². The minimum absolute atomic E-state index is 0.176. The van der Waals surface area contributed by atoms with Crippen LogP contribution in [0.4, 0.5) is 5.69 Å². The second-order valence-corrected chi connectivity index (χ2v) is 7.58. The van der Waals surface area contributed by atoms with Crippen molar-refractivity contribution in [2.45, 2.75) is 6.42 Å². The number of fused-ring (bicyclic) bond motifs is 1. The molecule has 4 rings (SSSR count). The van der Waals surface area contributed by atoms with E-state index in [1.807, 2.05) is 24.4 Å². The van der Waals surface area contributed by atoms with Crippen LogP contribution in [0.5, 0.6) is 0 Å².